The molecule has 0 bridgehead atoms. The van der Waals surface area contributed by atoms with E-state index < -0.39 is 5.41 Å². The van der Waals surface area contributed by atoms with Crippen molar-refractivity contribution < 1.29 is 4.79 Å². The molecule has 3 aromatic rings. The van der Waals surface area contributed by atoms with Crippen LogP contribution in [-0.2, 0) is 10.2 Å². The van der Waals surface area contributed by atoms with Gasteiger partial charge in [0.05, 0.1) is 11.1 Å². The molecule has 2 atom stereocenters. The van der Waals surface area contributed by atoms with Crippen LogP contribution in [0.4, 0.5) is 0 Å². The summed E-state index contributed by atoms with van der Waals surface area (Å²) < 4.78 is 0. The van der Waals surface area contributed by atoms with Gasteiger partial charge in [-0.15, -0.1) is 0 Å². The Morgan fingerprint density at radius 1 is 1.03 bits per heavy atom. The molecule has 0 radical (unpaired) electrons. The van der Waals surface area contributed by atoms with Crippen molar-refractivity contribution in [1.82, 2.24) is 20.6 Å². The summed E-state index contributed by atoms with van der Waals surface area (Å²) in [5, 5.41) is 8.08. The number of hydrogen-bond donors (Lipinski definition) is 3. The van der Waals surface area contributed by atoms with Crippen molar-refractivity contribution in [3.63, 3.8) is 0 Å². The largest absolute Gasteiger partial charge is 0.355 e. The minimum atomic E-state index is -0.523. The number of pyridine rings is 1. The number of hydrogen-bond acceptors (Lipinski definition) is 3. The number of fused-ring (bicyclic) bond motifs is 1. The number of aromatic amines is 1. The van der Waals surface area contributed by atoms with Gasteiger partial charge in [-0.05, 0) is 92.8 Å². The highest BCUT2D eigenvalue weighted by molar-refractivity contribution is 5.94. The zero-order valence-corrected chi connectivity index (χ0v) is 21.1. The van der Waals surface area contributed by atoms with E-state index in [-0.39, 0.29) is 5.91 Å². The summed E-state index contributed by atoms with van der Waals surface area (Å²) in [4.78, 5) is 21.6. The van der Waals surface area contributed by atoms with Crippen molar-refractivity contribution in [2.45, 2.75) is 71.1 Å². The first kappa shape index (κ1) is 23.1. The fourth-order valence-electron chi connectivity index (χ4n) is 6.27. The van der Waals surface area contributed by atoms with Crippen LogP contribution in [-0.4, -0.2) is 35.5 Å². The zero-order chi connectivity index (χ0) is 23.9. The molecule has 0 aliphatic carbocycles. The lowest BCUT2D eigenvalue weighted by Crippen LogP contribution is -2.42. The molecule has 2 fully saturated rings. The Bertz CT molecular complexity index is 1200. The molecule has 3 N–H and O–H groups in total. The van der Waals surface area contributed by atoms with E-state index in [1.165, 1.54) is 23.8 Å². The van der Waals surface area contributed by atoms with Gasteiger partial charge in [-0.1, -0.05) is 26.3 Å². The predicted octanol–water partition coefficient (Wildman–Crippen LogP) is 5.59. The molecule has 5 nitrogen and oxygen atoms in total. The molecule has 1 aromatic carbocycles. The van der Waals surface area contributed by atoms with Gasteiger partial charge in [-0.3, -0.25) is 9.78 Å². The second-order valence-corrected chi connectivity index (χ2v) is 11.1. The van der Waals surface area contributed by atoms with Crippen LogP contribution in [0.15, 0.2) is 36.5 Å². The summed E-state index contributed by atoms with van der Waals surface area (Å²) in [5.74, 6) is 0.519. The first-order valence-electron chi connectivity index (χ1n) is 12.9. The van der Waals surface area contributed by atoms with E-state index in [0.717, 1.165) is 66.9 Å². The summed E-state index contributed by atoms with van der Waals surface area (Å²) in [6, 6.07) is 10.8. The molecule has 34 heavy (non-hydrogen) atoms. The zero-order valence-electron chi connectivity index (χ0n) is 21.1. The fourth-order valence-corrected chi connectivity index (χ4v) is 6.27. The Morgan fingerprint density at radius 3 is 2.59 bits per heavy atom. The molecule has 2 aromatic heterocycles. The molecule has 5 rings (SSSR count). The van der Waals surface area contributed by atoms with Gasteiger partial charge in [0, 0.05) is 41.4 Å². The topological polar surface area (TPSA) is 69.8 Å². The van der Waals surface area contributed by atoms with Gasteiger partial charge in [-0.25, -0.2) is 0 Å². The minimum Gasteiger partial charge on any atom is -0.355 e. The molecule has 1 spiro atoms. The second kappa shape index (κ2) is 8.84. The quantitative estimate of drug-likeness (QED) is 0.479. The maximum Gasteiger partial charge on any atom is 0.230 e. The number of H-pyrrole nitrogens is 1. The number of rotatable bonds is 3. The molecule has 5 heteroatoms. The number of aromatic nitrogens is 2. The normalized spacial score (nSPS) is 26.0. The van der Waals surface area contributed by atoms with E-state index in [4.69, 9.17) is 0 Å². The van der Waals surface area contributed by atoms with Crippen LogP contribution < -0.4 is 10.6 Å². The van der Waals surface area contributed by atoms with E-state index in [9.17, 15) is 4.79 Å². The predicted molar refractivity (Wildman–Crippen MR) is 139 cm³/mol. The highest BCUT2D eigenvalue weighted by atomic mass is 16.2. The fraction of sp³-hybridized carbons (Fsp3) is 0.517. The first-order valence-corrected chi connectivity index (χ1v) is 12.9. The van der Waals surface area contributed by atoms with E-state index in [1.807, 2.05) is 13.1 Å². The summed E-state index contributed by atoms with van der Waals surface area (Å²) in [6.07, 6.45) is 7.33. The Labute approximate surface area is 203 Å². The van der Waals surface area contributed by atoms with Gasteiger partial charge in [0.15, 0.2) is 0 Å². The number of benzene rings is 1. The van der Waals surface area contributed by atoms with Crippen LogP contribution in [0.5, 0.6) is 0 Å². The van der Waals surface area contributed by atoms with E-state index in [1.54, 1.807) is 0 Å². The molecule has 2 aliphatic rings. The summed E-state index contributed by atoms with van der Waals surface area (Å²) in [7, 11) is 0. The Morgan fingerprint density at radius 2 is 1.85 bits per heavy atom. The molecule has 4 heterocycles. The average molecular weight is 459 g/mol. The summed E-state index contributed by atoms with van der Waals surface area (Å²) >= 11 is 0. The number of nitrogens with one attached hydrogen (secondary N) is 3. The van der Waals surface area contributed by atoms with Crippen molar-refractivity contribution in [2.75, 3.05) is 19.6 Å². The number of carbonyl (C=O) groups is 1. The van der Waals surface area contributed by atoms with E-state index >= 15 is 0 Å². The third-order valence-electron chi connectivity index (χ3n) is 8.40. The Balaban J connectivity index is 1.55. The lowest BCUT2D eigenvalue weighted by Gasteiger charge is -2.29. The molecule has 0 saturated carbocycles. The van der Waals surface area contributed by atoms with Crippen LogP contribution in [0, 0.1) is 12.3 Å². The number of nitrogens with zero attached hydrogens (tertiary/aromatic N) is 1. The molecule has 2 unspecified atom stereocenters. The first-order chi connectivity index (χ1) is 16.3. The van der Waals surface area contributed by atoms with Crippen molar-refractivity contribution >= 4 is 16.8 Å². The van der Waals surface area contributed by atoms with E-state index in [0.29, 0.717) is 11.3 Å². The molecule has 180 valence electrons. The average Bonchev–Trinajstić information content (AvgIpc) is 3.44. The van der Waals surface area contributed by atoms with Crippen molar-refractivity contribution in [3.8, 4) is 11.3 Å². The SMILES string of the molecule is Cc1cc(-c2[nH]c3ccc(C4(C)CCCC5(CCNC5)CCNC4=O)cc3c2C(C)C)ccn1. The monoisotopic (exact) mass is 458 g/mol. The van der Waals surface area contributed by atoms with Crippen molar-refractivity contribution in [3.05, 3.63) is 53.3 Å². The molecular weight excluding hydrogens is 420 g/mol. The highest BCUT2D eigenvalue weighted by Gasteiger charge is 2.40. The third kappa shape index (κ3) is 4.04. The second-order valence-electron chi connectivity index (χ2n) is 11.1. The summed E-state index contributed by atoms with van der Waals surface area (Å²) in [5.41, 5.74) is 6.72. The van der Waals surface area contributed by atoms with Crippen LogP contribution in [0.2, 0.25) is 0 Å². The van der Waals surface area contributed by atoms with Crippen LogP contribution in [0.1, 0.15) is 75.6 Å². The lowest BCUT2D eigenvalue weighted by molar-refractivity contribution is -0.126. The molecule has 2 aliphatic heterocycles. The molecular formula is C29H38N4O. The Hall–Kier alpha value is -2.66. The van der Waals surface area contributed by atoms with Crippen LogP contribution in [0.25, 0.3) is 22.2 Å². The van der Waals surface area contributed by atoms with Crippen molar-refractivity contribution in [1.29, 1.82) is 0 Å². The maximum absolute atomic E-state index is 13.5. The van der Waals surface area contributed by atoms with Crippen molar-refractivity contribution in [2.24, 2.45) is 5.41 Å². The Kier molecular flexibility index (Phi) is 6.01. The van der Waals surface area contributed by atoms with Gasteiger partial charge < -0.3 is 15.6 Å². The van der Waals surface area contributed by atoms with Crippen LogP contribution >= 0.6 is 0 Å². The molecule has 2 saturated heterocycles. The third-order valence-corrected chi connectivity index (χ3v) is 8.40. The van der Waals surface area contributed by atoms with Crippen LogP contribution in [0.3, 0.4) is 0 Å². The number of aryl methyl sites for hydroxylation is 1. The van der Waals surface area contributed by atoms with E-state index in [2.05, 4.69) is 71.7 Å². The number of carbonyl (C=O) groups excluding carboxylic acids is 1. The summed E-state index contributed by atoms with van der Waals surface area (Å²) in [6.45, 7) is 11.6. The standard InChI is InChI=1S/C29H38N4O/c1-19(2)25-23-17-22(6-7-24(23)33-26(25)21-8-13-31-20(3)16-21)28(4)9-5-10-29(11-14-30-18-29)12-15-32-27(28)34/h6-8,13,16-17,19,30,33H,5,9-12,14-15,18H2,1-4H3,(H,32,34). The van der Waals surface area contributed by atoms with Gasteiger partial charge >= 0.3 is 0 Å². The lowest BCUT2D eigenvalue weighted by atomic mass is 9.74. The van der Waals surface area contributed by atoms with Gasteiger partial charge in [0.2, 0.25) is 5.91 Å². The highest BCUT2D eigenvalue weighted by Crippen LogP contribution is 2.42. The molecule has 1 amide bonds. The smallest absolute Gasteiger partial charge is 0.230 e. The minimum absolute atomic E-state index is 0.168. The number of amides is 1. The van der Waals surface area contributed by atoms with Gasteiger partial charge in [0.25, 0.3) is 0 Å². The van der Waals surface area contributed by atoms with Gasteiger partial charge in [0.1, 0.15) is 0 Å². The van der Waals surface area contributed by atoms with Gasteiger partial charge in [-0.2, -0.15) is 0 Å². The maximum atomic E-state index is 13.5.